The van der Waals surface area contributed by atoms with Crippen LogP contribution in [-0.2, 0) is 9.59 Å². The standard InChI is InChI=1S/3C6H5.2C2HF3O2.Bi/c3*1-2-4-6-5-3-1;2*3-2(4,5)1(6)7;/h3*1-5H;2*(H,6,7);. The third-order valence-electron chi connectivity index (χ3n) is 3.53. The van der Waals surface area contributed by atoms with Crippen LogP contribution in [0.2, 0.25) is 0 Å². The Kier molecular flexibility index (Phi) is 11.0. The fourth-order valence-electron chi connectivity index (χ4n) is 2.18. The van der Waals surface area contributed by atoms with Crippen LogP contribution in [-0.4, -0.2) is 56.3 Å². The minimum absolute atomic E-state index is 1.54. The third kappa shape index (κ3) is 10.5. The van der Waals surface area contributed by atoms with E-state index in [-0.39, 0.29) is 0 Å². The predicted molar refractivity (Wildman–Crippen MR) is 111 cm³/mol. The van der Waals surface area contributed by atoms with Crippen LogP contribution >= 0.6 is 0 Å². The summed E-state index contributed by atoms with van der Waals surface area (Å²) in [5.41, 5.74) is 0. The second kappa shape index (κ2) is 12.9. The SMILES string of the molecule is O=C(O)C(F)(F)F.O=C(O)C(F)(F)F.c1cc[c]([Bi]([c]2ccccc2)[c]2ccccc2)cc1. The molecule has 0 unspecified atom stereocenters. The molecule has 0 fully saturated rings. The molecule has 11 heteroatoms. The van der Waals surface area contributed by atoms with Crippen molar-refractivity contribution in [1.82, 2.24) is 0 Å². The molecule has 0 aliphatic heterocycles. The van der Waals surface area contributed by atoms with E-state index in [9.17, 15) is 26.3 Å². The minimum atomic E-state index is -5.08. The number of alkyl halides is 6. The second-order valence-electron chi connectivity index (χ2n) is 5.95. The van der Waals surface area contributed by atoms with Gasteiger partial charge in [-0.1, -0.05) is 0 Å². The van der Waals surface area contributed by atoms with E-state index in [4.69, 9.17) is 19.8 Å². The van der Waals surface area contributed by atoms with Gasteiger partial charge in [-0.2, -0.15) is 26.3 Å². The van der Waals surface area contributed by atoms with Gasteiger partial charge in [0.05, 0.1) is 0 Å². The molecule has 176 valence electrons. The zero-order valence-corrected chi connectivity index (χ0v) is 20.1. The molecule has 3 rings (SSSR count). The van der Waals surface area contributed by atoms with Crippen LogP contribution in [0.15, 0.2) is 91.0 Å². The summed E-state index contributed by atoms with van der Waals surface area (Å²) in [6, 6.07) is 33.0. The summed E-state index contributed by atoms with van der Waals surface area (Å²) in [4.78, 5) is 17.8. The average Bonchev–Trinajstić information content (AvgIpc) is 2.76. The molecule has 0 heterocycles. The molecule has 2 N–H and O–H groups in total. The summed E-state index contributed by atoms with van der Waals surface area (Å²) in [6.07, 6.45) is -10.2. The molecule has 0 atom stereocenters. The van der Waals surface area contributed by atoms with Crippen molar-refractivity contribution < 1.29 is 46.1 Å². The molecule has 0 aliphatic carbocycles. The Balaban J connectivity index is 0.000000324. The van der Waals surface area contributed by atoms with Crippen molar-refractivity contribution in [3.63, 3.8) is 0 Å². The van der Waals surface area contributed by atoms with E-state index < -0.39 is 46.0 Å². The van der Waals surface area contributed by atoms with Gasteiger partial charge < -0.3 is 10.2 Å². The fraction of sp³-hybridized carbons (Fsp3) is 0.0909. The van der Waals surface area contributed by atoms with Crippen molar-refractivity contribution in [1.29, 1.82) is 0 Å². The van der Waals surface area contributed by atoms with Gasteiger partial charge in [0.2, 0.25) is 0 Å². The zero-order valence-electron chi connectivity index (χ0n) is 16.6. The van der Waals surface area contributed by atoms with Crippen LogP contribution in [0.5, 0.6) is 0 Å². The molecule has 0 aliphatic rings. The van der Waals surface area contributed by atoms with Crippen LogP contribution in [0.4, 0.5) is 26.3 Å². The number of carboxylic acid groups (broad SMARTS) is 2. The Morgan fingerprint density at radius 2 is 0.697 bits per heavy atom. The van der Waals surface area contributed by atoms with E-state index in [2.05, 4.69) is 91.0 Å². The monoisotopic (exact) mass is 668 g/mol. The molecule has 0 saturated carbocycles. The molecule has 0 amide bonds. The van der Waals surface area contributed by atoms with Gasteiger partial charge >= 0.3 is 147 Å². The fourth-order valence-corrected chi connectivity index (χ4v) is 11.1. The molecule has 33 heavy (non-hydrogen) atoms. The number of hydrogen-bond acceptors (Lipinski definition) is 2. The summed E-state index contributed by atoms with van der Waals surface area (Å²) in [6.45, 7) is 0. The Labute approximate surface area is 192 Å². The normalized spacial score (nSPS) is 10.9. The topological polar surface area (TPSA) is 74.6 Å². The zero-order chi connectivity index (χ0) is 25.1. The third-order valence-corrected chi connectivity index (χ3v) is 13.0. The van der Waals surface area contributed by atoms with Gasteiger partial charge in [0.1, 0.15) is 0 Å². The quantitative estimate of drug-likeness (QED) is 0.332. The Hall–Kier alpha value is -2.94. The van der Waals surface area contributed by atoms with E-state index >= 15 is 0 Å². The van der Waals surface area contributed by atoms with Crippen LogP contribution in [0.3, 0.4) is 0 Å². The van der Waals surface area contributed by atoms with Gasteiger partial charge in [-0.05, 0) is 0 Å². The molecule has 0 bridgehead atoms. The summed E-state index contributed by atoms with van der Waals surface area (Å²) in [7, 11) is 0. The Bertz CT molecular complexity index is 876. The maximum absolute atomic E-state index is 10.6. The van der Waals surface area contributed by atoms with Crippen molar-refractivity contribution in [3.05, 3.63) is 91.0 Å². The number of rotatable bonds is 3. The summed E-state index contributed by atoms with van der Waals surface area (Å²) < 4.78 is 68.1. The van der Waals surface area contributed by atoms with Crippen molar-refractivity contribution >= 4 is 43.5 Å². The van der Waals surface area contributed by atoms with Crippen LogP contribution in [0, 0.1) is 0 Å². The van der Waals surface area contributed by atoms with Gasteiger partial charge in [-0.3, -0.25) is 0 Å². The van der Waals surface area contributed by atoms with Crippen LogP contribution < -0.4 is 9.81 Å². The first-order chi connectivity index (χ1) is 15.3. The first-order valence-corrected chi connectivity index (χ1v) is 14.1. The van der Waals surface area contributed by atoms with E-state index in [1.165, 1.54) is 9.81 Å². The first kappa shape index (κ1) is 28.1. The van der Waals surface area contributed by atoms with Gasteiger partial charge in [-0.25, -0.2) is 9.59 Å². The van der Waals surface area contributed by atoms with Crippen molar-refractivity contribution in [2.75, 3.05) is 0 Å². The molecular formula is C22H17BiF6O4. The van der Waals surface area contributed by atoms with Crippen molar-refractivity contribution in [3.8, 4) is 0 Å². The molecule has 3 aromatic carbocycles. The molecule has 4 nitrogen and oxygen atoms in total. The van der Waals surface area contributed by atoms with Gasteiger partial charge in [-0.15, -0.1) is 0 Å². The number of hydrogen-bond donors (Lipinski definition) is 2. The molecule has 0 spiro atoms. The Morgan fingerprint density at radius 3 is 0.848 bits per heavy atom. The van der Waals surface area contributed by atoms with Crippen molar-refractivity contribution in [2.24, 2.45) is 0 Å². The molecule has 0 aromatic heterocycles. The maximum atomic E-state index is 10.6. The van der Waals surface area contributed by atoms with Gasteiger partial charge in [0.25, 0.3) is 0 Å². The second-order valence-corrected chi connectivity index (χ2v) is 14.6. The number of aliphatic carboxylic acids is 2. The molecule has 0 saturated heterocycles. The molecule has 0 radical (unpaired) electrons. The van der Waals surface area contributed by atoms with Gasteiger partial charge in [0.15, 0.2) is 0 Å². The first-order valence-electron chi connectivity index (χ1n) is 8.89. The number of halogens is 6. The van der Waals surface area contributed by atoms with E-state index in [1.807, 2.05) is 0 Å². The molecule has 3 aromatic rings. The summed E-state index contributed by atoms with van der Waals surface area (Å²) in [5, 5.41) is 14.2. The van der Waals surface area contributed by atoms with E-state index in [0.717, 1.165) is 0 Å². The summed E-state index contributed by atoms with van der Waals surface area (Å²) in [5.74, 6) is -5.51. The van der Waals surface area contributed by atoms with E-state index in [0.29, 0.717) is 0 Å². The molecular weight excluding hydrogens is 651 g/mol. The summed E-state index contributed by atoms with van der Waals surface area (Å²) >= 11 is -2.06. The average molecular weight is 668 g/mol. The van der Waals surface area contributed by atoms with Gasteiger partial charge in [0, 0.05) is 0 Å². The van der Waals surface area contributed by atoms with Crippen LogP contribution in [0.25, 0.3) is 0 Å². The van der Waals surface area contributed by atoms with Crippen molar-refractivity contribution in [2.45, 2.75) is 12.4 Å². The Morgan fingerprint density at radius 1 is 0.515 bits per heavy atom. The predicted octanol–water partition coefficient (Wildman–Crippen LogP) is 3.47. The number of benzene rings is 3. The van der Waals surface area contributed by atoms with E-state index in [1.54, 1.807) is 0 Å². The number of carbonyl (C=O) groups is 2. The number of carboxylic acids is 2. The van der Waals surface area contributed by atoms with Crippen LogP contribution in [0.1, 0.15) is 0 Å².